The maximum absolute atomic E-state index is 4.33. The molecule has 0 amide bonds. The second kappa shape index (κ2) is 7.95. The standard InChI is InChI=1S/C15H27N3S/c1-12(2)11-16-10-9-15-18-17-14(19-15)8-7-13-5-3-4-6-13/h12-13,16H,3-11H2,1-2H3. The summed E-state index contributed by atoms with van der Waals surface area (Å²) in [6, 6.07) is 0. The van der Waals surface area contributed by atoms with E-state index in [4.69, 9.17) is 0 Å². The lowest BCUT2D eigenvalue weighted by molar-refractivity contribution is 0.502. The van der Waals surface area contributed by atoms with Crippen LogP contribution in [0.15, 0.2) is 0 Å². The van der Waals surface area contributed by atoms with E-state index in [0.29, 0.717) is 0 Å². The molecule has 1 fully saturated rings. The van der Waals surface area contributed by atoms with Crippen LogP contribution in [0.3, 0.4) is 0 Å². The minimum Gasteiger partial charge on any atom is -0.316 e. The third-order valence-corrected chi connectivity index (χ3v) is 4.86. The molecule has 0 aromatic carbocycles. The van der Waals surface area contributed by atoms with E-state index >= 15 is 0 Å². The predicted molar refractivity (Wildman–Crippen MR) is 81.6 cm³/mol. The lowest BCUT2D eigenvalue weighted by atomic mass is 10.0. The first-order chi connectivity index (χ1) is 9.24. The summed E-state index contributed by atoms with van der Waals surface area (Å²) >= 11 is 1.81. The number of hydrogen-bond donors (Lipinski definition) is 1. The summed E-state index contributed by atoms with van der Waals surface area (Å²) < 4.78 is 0. The van der Waals surface area contributed by atoms with Gasteiger partial charge in [-0.25, -0.2) is 0 Å². The van der Waals surface area contributed by atoms with Gasteiger partial charge in [0.2, 0.25) is 0 Å². The highest BCUT2D eigenvalue weighted by Gasteiger charge is 2.15. The van der Waals surface area contributed by atoms with E-state index in [2.05, 4.69) is 29.4 Å². The smallest absolute Gasteiger partial charge is 0.118 e. The summed E-state index contributed by atoms with van der Waals surface area (Å²) in [6.45, 7) is 6.58. The molecule has 0 atom stereocenters. The van der Waals surface area contributed by atoms with Crippen molar-refractivity contribution in [3.8, 4) is 0 Å². The Labute approximate surface area is 121 Å². The molecule has 1 saturated carbocycles. The van der Waals surface area contributed by atoms with E-state index in [1.165, 1.54) is 42.1 Å². The van der Waals surface area contributed by atoms with Gasteiger partial charge in [0.05, 0.1) is 0 Å². The number of hydrogen-bond acceptors (Lipinski definition) is 4. The third kappa shape index (κ3) is 5.57. The zero-order valence-electron chi connectivity index (χ0n) is 12.3. The van der Waals surface area contributed by atoms with Crippen LogP contribution in [0.4, 0.5) is 0 Å². The predicted octanol–water partition coefficient (Wildman–Crippen LogP) is 3.45. The fraction of sp³-hybridized carbons (Fsp3) is 0.867. The monoisotopic (exact) mass is 281 g/mol. The lowest BCUT2D eigenvalue weighted by Gasteiger charge is -2.05. The quantitative estimate of drug-likeness (QED) is 0.742. The molecule has 1 aliphatic rings. The van der Waals surface area contributed by atoms with E-state index in [1.807, 2.05) is 11.3 Å². The van der Waals surface area contributed by atoms with Crippen LogP contribution < -0.4 is 5.32 Å². The fourth-order valence-electron chi connectivity index (χ4n) is 2.70. The highest BCUT2D eigenvalue weighted by molar-refractivity contribution is 7.11. The molecule has 0 aliphatic heterocycles. The molecule has 1 aliphatic carbocycles. The largest absolute Gasteiger partial charge is 0.316 e. The first-order valence-corrected chi connectivity index (χ1v) is 8.57. The van der Waals surface area contributed by atoms with Crippen molar-refractivity contribution < 1.29 is 0 Å². The molecule has 0 bridgehead atoms. The second-order valence-electron chi connectivity index (χ2n) is 6.13. The van der Waals surface area contributed by atoms with E-state index in [0.717, 1.165) is 37.8 Å². The summed E-state index contributed by atoms with van der Waals surface area (Å²) in [7, 11) is 0. The fourth-order valence-corrected chi connectivity index (χ4v) is 3.56. The third-order valence-electron chi connectivity index (χ3n) is 3.82. The van der Waals surface area contributed by atoms with E-state index in [-0.39, 0.29) is 0 Å². The minimum absolute atomic E-state index is 0.719. The van der Waals surface area contributed by atoms with Crippen LogP contribution in [0.25, 0.3) is 0 Å². The Morgan fingerprint density at radius 2 is 1.84 bits per heavy atom. The first-order valence-electron chi connectivity index (χ1n) is 7.76. The zero-order chi connectivity index (χ0) is 13.5. The van der Waals surface area contributed by atoms with Crippen molar-refractivity contribution in [1.29, 1.82) is 0 Å². The summed E-state index contributed by atoms with van der Waals surface area (Å²) in [5, 5.41) is 14.5. The van der Waals surface area contributed by atoms with E-state index < -0.39 is 0 Å². The highest BCUT2D eigenvalue weighted by atomic mass is 32.1. The Balaban J connectivity index is 1.63. The molecule has 0 saturated heterocycles. The van der Waals surface area contributed by atoms with Crippen LogP contribution in [0.1, 0.15) is 56.0 Å². The van der Waals surface area contributed by atoms with Gasteiger partial charge in [-0.05, 0) is 24.8 Å². The number of rotatable bonds is 8. The molecule has 1 N–H and O–H groups in total. The average molecular weight is 281 g/mol. The molecule has 4 heteroatoms. The molecule has 3 nitrogen and oxygen atoms in total. The SMILES string of the molecule is CC(C)CNCCc1nnc(CCC2CCCC2)s1. The van der Waals surface area contributed by atoms with Gasteiger partial charge in [-0.3, -0.25) is 0 Å². The van der Waals surface area contributed by atoms with Crippen molar-refractivity contribution in [1.82, 2.24) is 15.5 Å². The van der Waals surface area contributed by atoms with Gasteiger partial charge in [0, 0.05) is 19.4 Å². The van der Waals surface area contributed by atoms with Crippen molar-refractivity contribution >= 4 is 11.3 Å². The van der Waals surface area contributed by atoms with E-state index in [9.17, 15) is 0 Å². The number of nitrogens with one attached hydrogen (secondary N) is 1. The van der Waals surface area contributed by atoms with Crippen molar-refractivity contribution in [2.24, 2.45) is 11.8 Å². The number of aromatic nitrogens is 2. The first kappa shape index (κ1) is 14.9. The van der Waals surface area contributed by atoms with Crippen LogP contribution in [0, 0.1) is 11.8 Å². The Bertz CT molecular complexity index is 356. The Morgan fingerprint density at radius 1 is 1.16 bits per heavy atom. The van der Waals surface area contributed by atoms with Crippen LogP contribution in [0.2, 0.25) is 0 Å². The van der Waals surface area contributed by atoms with Crippen LogP contribution in [-0.2, 0) is 12.8 Å². The average Bonchev–Trinajstić information content (AvgIpc) is 3.03. The molecular weight excluding hydrogens is 254 g/mol. The maximum Gasteiger partial charge on any atom is 0.118 e. The van der Waals surface area contributed by atoms with Gasteiger partial charge in [0.1, 0.15) is 10.0 Å². The van der Waals surface area contributed by atoms with Crippen LogP contribution in [-0.4, -0.2) is 23.3 Å². The van der Waals surface area contributed by atoms with Crippen molar-refractivity contribution in [2.75, 3.05) is 13.1 Å². The van der Waals surface area contributed by atoms with Gasteiger partial charge in [-0.2, -0.15) is 0 Å². The van der Waals surface area contributed by atoms with Gasteiger partial charge < -0.3 is 5.32 Å². The van der Waals surface area contributed by atoms with Gasteiger partial charge >= 0.3 is 0 Å². The topological polar surface area (TPSA) is 37.8 Å². The molecule has 0 unspecified atom stereocenters. The molecule has 0 radical (unpaired) electrons. The summed E-state index contributed by atoms with van der Waals surface area (Å²) in [6.07, 6.45) is 9.23. The van der Waals surface area contributed by atoms with Crippen molar-refractivity contribution in [2.45, 2.75) is 58.8 Å². The second-order valence-corrected chi connectivity index (χ2v) is 7.27. The van der Waals surface area contributed by atoms with Crippen molar-refractivity contribution in [3.63, 3.8) is 0 Å². The molecular formula is C15H27N3S. The van der Waals surface area contributed by atoms with E-state index in [1.54, 1.807) is 0 Å². The lowest BCUT2D eigenvalue weighted by Crippen LogP contribution is -2.22. The number of nitrogens with zero attached hydrogens (tertiary/aromatic N) is 2. The van der Waals surface area contributed by atoms with Crippen LogP contribution in [0.5, 0.6) is 0 Å². The molecule has 19 heavy (non-hydrogen) atoms. The Kier molecular flexibility index (Phi) is 6.24. The normalized spacial score (nSPS) is 16.6. The van der Waals surface area contributed by atoms with Gasteiger partial charge in [0.25, 0.3) is 0 Å². The highest BCUT2D eigenvalue weighted by Crippen LogP contribution is 2.29. The number of aryl methyl sites for hydroxylation is 1. The van der Waals surface area contributed by atoms with Gasteiger partial charge in [-0.15, -0.1) is 21.5 Å². The summed E-state index contributed by atoms with van der Waals surface area (Å²) in [4.78, 5) is 0. The minimum atomic E-state index is 0.719. The summed E-state index contributed by atoms with van der Waals surface area (Å²) in [5.41, 5.74) is 0. The molecule has 1 aromatic rings. The van der Waals surface area contributed by atoms with Crippen molar-refractivity contribution in [3.05, 3.63) is 10.0 Å². The maximum atomic E-state index is 4.33. The molecule has 0 spiro atoms. The van der Waals surface area contributed by atoms with Gasteiger partial charge in [-0.1, -0.05) is 39.5 Å². The zero-order valence-corrected chi connectivity index (χ0v) is 13.1. The molecule has 1 heterocycles. The molecule has 108 valence electrons. The molecule has 2 rings (SSSR count). The molecule has 1 aromatic heterocycles. The Morgan fingerprint density at radius 3 is 2.53 bits per heavy atom. The summed E-state index contributed by atoms with van der Waals surface area (Å²) in [5.74, 6) is 1.68. The Hall–Kier alpha value is -0.480. The van der Waals surface area contributed by atoms with Gasteiger partial charge in [0.15, 0.2) is 0 Å². The van der Waals surface area contributed by atoms with Crippen LogP contribution >= 0.6 is 11.3 Å².